The molecule has 0 aliphatic heterocycles. The van der Waals surface area contributed by atoms with E-state index in [1.54, 1.807) is 36.4 Å². The van der Waals surface area contributed by atoms with Gasteiger partial charge in [-0.05, 0) is 78.1 Å². The molecular weight excluding hydrogens is 525 g/mol. The Morgan fingerprint density at radius 3 is 2.45 bits per heavy atom. The van der Waals surface area contributed by atoms with Crippen LogP contribution in [0.4, 0.5) is 4.39 Å². The van der Waals surface area contributed by atoms with Gasteiger partial charge in [0.1, 0.15) is 24.0 Å². The van der Waals surface area contributed by atoms with Gasteiger partial charge in [-0.1, -0.05) is 61.2 Å². The summed E-state index contributed by atoms with van der Waals surface area (Å²) in [4.78, 5) is 16.7. The van der Waals surface area contributed by atoms with Crippen molar-refractivity contribution in [3.63, 3.8) is 0 Å². The van der Waals surface area contributed by atoms with E-state index in [0.717, 1.165) is 40.6 Å². The number of nitrogens with two attached hydrogens (primary N) is 1. The Labute approximate surface area is 237 Å². The summed E-state index contributed by atoms with van der Waals surface area (Å²) in [5, 5.41) is 0.628. The number of benzene rings is 4. The molecule has 7 heteroatoms. The first kappa shape index (κ1) is 26.1. The quantitative estimate of drug-likeness (QED) is 0.220. The molecule has 1 heterocycles. The molecule has 1 fully saturated rings. The molecule has 6 rings (SSSR count). The van der Waals surface area contributed by atoms with Crippen molar-refractivity contribution in [3.05, 3.63) is 107 Å². The number of rotatable bonds is 7. The minimum Gasteiger partial charge on any atom is -0.489 e. The molecule has 1 saturated carbocycles. The first-order valence-corrected chi connectivity index (χ1v) is 13.9. The summed E-state index contributed by atoms with van der Waals surface area (Å²) >= 11 is 6.07. The lowest BCUT2D eigenvalue weighted by Crippen LogP contribution is -2.14. The predicted octanol–water partition coefficient (Wildman–Crippen LogP) is 8.35. The van der Waals surface area contributed by atoms with Crippen molar-refractivity contribution < 1.29 is 13.9 Å². The van der Waals surface area contributed by atoms with Gasteiger partial charge in [0, 0.05) is 22.7 Å². The third kappa shape index (κ3) is 5.19. The number of nitrogens with zero attached hydrogens (tertiary/aromatic N) is 2. The monoisotopic (exact) mass is 553 g/mol. The lowest BCUT2D eigenvalue weighted by Gasteiger charge is -2.25. The van der Waals surface area contributed by atoms with Crippen LogP contribution >= 0.6 is 11.6 Å². The van der Waals surface area contributed by atoms with Gasteiger partial charge in [-0.3, -0.25) is 4.79 Å². The van der Waals surface area contributed by atoms with E-state index in [0.29, 0.717) is 33.8 Å². The number of para-hydroxylation sites is 2. The fraction of sp³-hybridized carbons (Fsp3) is 0.212. The Hall–Kier alpha value is -4.16. The second-order valence-electron chi connectivity index (χ2n) is 10.3. The lowest BCUT2D eigenvalue weighted by molar-refractivity contribution is 0.1000. The van der Waals surface area contributed by atoms with Crippen molar-refractivity contribution in [1.82, 2.24) is 9.55 Å². The number of aromatic nitrogens is 2. The molecule has 1 aromatic heterocycles. The van der Waals surface area contributed by atoms with E-state index in [2.05, 4.69) is 10.6 Å². The van der Waals surface area contributed by atoms with Gasteiger partial charge in [0.25, 0.3) is 0 Å². The largest absolute Gasteiger partial charge is 0.489 e. The van der Waals surface area contributed by atoms with Crippen LogP contribution in [0.3, 0.4) is 0 Å². The van der Waals surface area contributed by atoms with Crippen molar-refractivity contribution in [2.24, 2.45) is 5.73 Å². The number of hydrogen-bond acceptors (Lipinski definition) is 3. The molecule has 5 nitrogen and oxygen atoms in total. The van der Waals surface area contributed by atoms with Crippen molar-refractivity contribution in [1.29, 1.82) is 0 Å². The van der Waals surface area contributed by atoms with Gasteiger partial charge in [0.15, 0.2) is 0 Å². The smallest absolute Gasteiger partial charge is 0.248 e. The molecule has 1 aliphatic rings. The number of amides is 1. The number of carbonyl (C=O) groups excluding carboxylic acids is 1. The fourth-order valence-electron chi connectivity index (χ4n) is 5.65. The SMILES string of the molecule is NC(=O)c1ccc(-c2ccc(Cl)cc2)c(COc2ccc(-c3nc4ccccc4n3C3CCCCC3)c(F)c2)c1. The van der Waals surface area contributed by atoms with Crippen molar-refractivity contribution >= 4 is 28.5 Å². The average molecular weight is 554 g/mol. The Bertz CT molecular complexity index is 1690. The molecule has 1 aliphatic carbocycles. The van der Waals surface area contributed by atoms with Crippen LogP contribution in [0.2, 0.25) is 5.02 Å². The summed E-state index contributed by atoms with van der Waals surface area (Å²) in [6.07, 6.45) is 5.70. The molecule has 0 radical (unpaired) electrons. The Balaban J connectivity index is 1.31. The average Bonchev–Trinajstić information content (AvgIpc) is 3.36. The van der Waals surface area contributed by atoms with E-state index in [4.69, 9.17) is 27.1 Å². The van der Waals surface area contributed by atoms with Crippen LogP contribution in [0.15, 0.2) is 84.9 Å². The minimum atomic E-state index is -0.528. The topological polar surface area (TPSA) is 70.1 Å². The van der Waals surface area contributed by atoms with Gasteiger partial charge in [-0.2, -0.15) is 0 Å². The Morgan fingerprint density at radius 1 is 0.950 bits per heavy atom. The third-order valence-electron chi connectivity index (χ3n) is 7.66. The van der Waals surface area contributed by atoms with Crippen LogP contribution in [0.5, 0.6) is 5.75 Å². The number of halogens is 2. The normalized spacial score (nSPS) is 13.9. The number of primary amides is 1. The summed E-state index contributed by atoms with van der Waals surface area (Å²) in [7, 11) is 0. The maximum atomic E-state index is 15.7. The van der Waals surface area contributed by atoms with Crippen LogP contribution in [-0.2, 0) is 6.61 Å². The zero-order valence-electron chi connectivity index (χ0n) is 21.9. The van der Waals surface area contributed by atoms with E-state index < -0.39 is 11.7 Å². The molecule has 4 aromatic carbocycles. The van der Waals surface area contributed by atoms with Crippen LogP contribution in [0.1, 0.15) is 54.1 Å². The number of fused-ring (bicyclic) bond motifs is 1. The molecule has 5 aromatic rings. The molecule has 1 amide bonds. The number of ether oxygens (including phenoxy) is 1. The maximum Gasteiger partial charge on any atom is 0.248 e. The first-order chi connectivity index (χ1) is 19.5. The van der Waals surface area contributed by atoms with Crippen LogP contribution in [0, 0.1) is 5.82 Å². The molecule has 2 N–H and O–H groups in total. The third-order valence-corrected chi connectivity index (χ3v) is 7.91. The Morgan fingerprint density at radius 2 is 1.70 bits per heavy atom. The van der Waals surface area contributed by atoms with Gasteiger partial charge in [0.2, 0.25) is 5.91 Å². The van der Waals surface area contributed by atoms with Gasteiger partial charge in [0.05, 0.1) is 16.6 Å². The zero-order valence-corrected chi connectivity index (χ0v) is 22.7. The molecule has 0 saturated heterocycles. The predicted molar refractivity (Wildman–Crippen MR) is 157 cm³/mol. The van der Waals surface area contributed by atoms with E-state index >= 15 is 4.39 Å². The van der Waals surface area contributed by atoms with E-state index in [1.807, 2.05) is 36.4 Å². The summed E-state index contributed by atoms with van der Waals surface area (Å²) in [6.45, 7) is 0.123. The molecule has 202 valence electrons. The summed E-state index contributed by atoms with van der Waals surface area (Å²) in [6, 6.07) is 25.9. The molecule has 0 atom stereocenters. The molecule has 40 heavy (non-hydrogen) atoms. The number of imidazole rings is 1. The first-order valence-electron chi connectivity index (χ1n) is 13.6. The summed E-state index contributed by atoms with van der Waals surface area (Å²) in [5.41, 5.74) is 10.8. The van der Waals surface area contributed by atoms with Crippen LogP contribution in [-0.4, -0.2) is 15.5 Å². The molecule has 0 unspecified atom stereocenters. The lowest BCUT2D eigenvalue weighted by atomic mass is 9.95. The second-order valence-corrected chi connectivity index (χ2v) is 10.7. The zero-order chi connectivity index (χ0) is 27.6. The van der Waals surface area contributed by atoms with E-state index in [-0.39, 0.29) is 6.61 Å². The number of carbonyl (C=O) groups is 1. The summed E-state index contributed by atoms with van der Waals surface area (Å²) < 4.78 is 24.0. The van der Waals surface area contributed by atoms with Crippen LogP contribution < -0.4 is 10.5 Å². The van der Waals surface area contributed by atoms with Crippen molar-refractivity contribution in [2.45, 2.75) is 44.8 Å². The molecule has 0 spiro atoms. The standard InChI is InChI=1S/C33H29ClFN3O2/c34-24-13-10-21(11-14-24)27-16-12-22(32(36)39)18-23(27)20-40-26-15-17-28(29(35)19-26)33-37-30-8-4-5-9-31(30)38(33)25-6-2-1-3-7-25/h4-5,8-19,25H,1-3,6-7,20H2,(H2,36,39). The highest BCUT2D eigenvalue weighted by Crippen LogP contribution is 2.37. The van der Waals surface area contributed by atoms with E-state index in [1.165, 1.54) is 25.3 Å². The van der Waals surface area contributed by atoms with Gasteiger partial charge in [-0.15, -0.1) is 0 Å². The highest BCUT2D eigenvalue weighted by atomic mass is 35.5. The highest BCUT2D eigenvalue weighted by Gasteiger charge is 2.24. The highest BCUT2D eigenvalue weighted by molar-refractivity contribution is 6.30. The van der Waals surface area contributed by atoms with Gasteiger partial charge < -0.3 is 15.0 Å². The Kier molecular flexibility index (Phi) is 7.27. The number of hydrogen-bond donors (Lipinski definition) is 1. The van der Waals surface area contributed by atoms with Gasteiger partial charge >= 0.3 is 0 Å². The fourth-order valence-corrected chi connectivity index (χ4v) is 5.77. The van der Waals surface area contributed by atoms with Gasteiger partial charge in [-0.25, -0.2) is 9.37 Å². The van der Waals surface area contributed by atoms with Crippen molar-refractivity contribution in [2.75, 3.05) is 0 Å². The maximum absolute atomic E-state index is 15.7. The second kappa shape index (κ2) is 11.1. The molecule has 0 bridgehead atoms. The van der Waals surface area contributed by atoms with Crippen molar-refractivity contribution in [3.8, 4) is 28.3 Å². The van der Waals surface area contributed by atoms with Crippen LogP contribution in [0.25, 0.3) is 33.5 Å². The van der Waals surface area contributed by atoms with E-state index in [9.17, 15) is 4.79 Å². The molecular formula is C33H29ClFN3O2. The minimum absolute atomic E-state index is 0.123. The summed E-state index contributed by atoms with van der Waals surface area (Å²) in [5.74, 6) is 0.110.